The number of nitrogens with one attached hydrogen (secondary N) is 2. The summed E-state index contributed by atoms with van der Waals surface area (Å²) in [6, 6.07) is 0.365. The fourth-order valence-corrected chi connectivity index (χ4v) is 4.37. The number of amides is 1. The smallest absolute Gasteiger partial charge is 0.354 e. The molecule has 3 aliphatic rings. The Bertz CT molecular complexity index is 425. The molecule has 1 aliphatic carbocycles. The summed E-state index contributed by atoms with van der Waals surface area (Å²) in [6.45, 7) is 0.528. The summed E-state index contributed by atoms with van der Waals surface area (Å²) in [5, 5.41) is 6.39. The number of likely N-dealkylation sites (tertiary alicyclic amines) is 1. The van der Waals surface area contributed by atoms with Crippen LogP contribution in [0.3, 0.4) is 0 Å². The van der Waals surface area contributed by atoms with E-state index in [0.29, 0.717) is 31.6 Å². The maximum absolute atomic E-state index is 12.4. The lowest BCUT2D eigenvalue weighted by Crippen LogP contribution is -2.44. The number of halogens is 5. The first kappa shape index (κ1) is 22.8. The van der Waals surface area contributed by atoms with Gasteiger partial charge in [-0.1, -0.05) is 12.8 Å². The topological polar surface area (TPSA) is 44.4 Å². The second kappa shape index (κ2) is 9.62. The molecule has 4 nitrogen and oxygen atoms in total. The van der Waals surface area contributed by atoms with Gasteiger partial charge in [-0.05, 0) is 44.1 Å². The van der Waals surface area contributed by atoms with E-state index in [1.165, 1.54) is 24.2 Å². The van der Waals surface area contributed by atoms with Gasteiger partial charge in [0.05, 0.1) is 12.6 Å². The van der Waals surface area contributed by atoms with Gasteiger partial charge in [-0.15, -0.1) is 24.8 Å². The summed E-state index contributed by atoms with van der Waals surface area (Å²) in [5.74, 6) is 0.770. The van der Waals surface area contributed by atoms with Crippen LogP contribution in [0.5, 0.6) is 0 Å². The van der Waals surface area contributed by atoms with E-state index in [-0.39, 0.29) is 42.7 Å². The molecule has 1 saturated carbocycles. The Morgan fingerprint density at radius 1 is 1.16 bits per heavy atom. The van der Waals surface area contributed by atoms with Crippen LogP contribution in [0.4, 0.5) is 13.2 Å². The number of fused-ring (bicyclic) bond motifs is 1. The van der Waals surface area contributed by atoms with E-state index >= 15 is 0 Å². The molecule has 0 aromatic carbocycles. The SMILES string of the molecule is Cl.Cl.O=C(NCC1CCN(CC(F)(F)F)C1)C1CC2CCCCC2N1. The summed E-state index contributed by atoms with van der Waals surface area (Å²) >= 11 is 0. The minimum Gasteiger partial charge on any atom is -0.354 e. The third kappa shape index (κ3) is 6.45. The number of carbonyl (C=O) groups excluding carboxylic acids is 1. The highest BCUT2D eigenvalue weighted by atomic mass is 35.5. The predicted molar refractivity (Wildman–Crippen MR) is 95.4 cm³/mol. The monoisotopic (exact) mass is 405 g/mol. The number of hydrogen-bond acceptors (Lipinski definition) is 3. The lowest BCUT2D eigenvalue weighted by atomic mass is 9.85. The Balaban J connectivity index is 0.00000156. The average molecular weight is 406 g/mol. The molecular formula is C16H28Cl2F3N3O. The van der Waals surface area contributed by atoms with Gasteiger partial charge >= 0.3 is 6.18 Å². The van der Waals surface area contributed by atoms with E-state index in [1.54, 1.807) is 0 Å². The maximum atomic E-state index is 12.4. The van der Waals surface area contributed by atoms with Crippen molar-refractivity contribution < 1.29 is 18.0 Å². The van der Waals surface area contributed by atoms with Crippen molar-refractivity contribution in [2.45, 2.75) is 56.8 Å². The van der Waals surface area contributed by atoms with E-state index in [0.717, 1.165) is 19.3 Å². The lowest BCUT2D eigenvalue weighted by Gasteiger charge is -2.24. The number of alkyl halides is 3. The van der Waals surface area contributed by atoms with Crippen LogP contribution in [0.1, 0.15) is 38.5 Å². The van der Waals surface area contributed by atoms with Gasteiger partial charge in [0.1, 0.15) is 0 Å². The van der Waals surface area contributed by atoms with Gasteiger partial charge in [0.25, 0.3) is 0 Å². The molecule has 0 aromatic rings. The first-order valence-corrected chi connectivity index (χ1v) is 8.73. The Labute approximate surface area is 159 Å². The molecule has 2 N–H and O–H groups in total. The molecule has 2 heterocycles. The first-order valence-electron chi connectivity index (χ1n) is 8.73. The highest BCUT2D eigenvalue weighted by molar-refractivity contribution is 5.85. The van der Waals surface area contributed by atoms with Gasteiger partial charge in [-0.2, -0.15) is 13.2 Å². The predicted octanol–water partition coefficient (Wildman–Crippen LogP) is 2.75. The third-order valence-electron chi connectivity index (χ3n) is 5.52. The highest BCUT2D eigenvalue weighted by Gasteiger charge is 2.38. The molecule has 0 radical (unpaired) electrons. The van der Waals surface area contributed by atoms with E-state index in [4.69, 9.17) is 0 Å². The van der Waals surface area contributed by atoms with Crippen LogP contribution in [0.15, 0.2) is 0 Å². The average Bonchev–Trinajstić information content (AvgIpc) is 3.09. The fraction of sp³-hybridized carbons (Fsp3) is 0.938. The molecule has 2 aliphatic heterocycles. The van der Waals surface area contributed by atoms with E-state index in [2.05, 4.69) is 10.6 Å². The van der Waals surface area contributed by atoms with Gasteiger partial charge in [-0.3, -0.25) is 9.69 Å². The molecule has 0 bridgehead atoms. The number of nitrogens with zero attached hydrogens (tertiary/aromatic N) is 1. The number of carbonyl (C=O) groups is 1. The van der Waals surface area contributed by atoms with Crippen LogP contribution in [0, 0.1) is 11.8 Å². The number of hydrogen-bond donors (Lipinski definition) is 2. The lowest BCUT2D eigenvalue weighted by molar-refractivity contribution is -0.143. The molecule has 0 aromatic heterocycles. The van der Waals surface area contributed by atoms with Crippen molar-refractivity contribution in [3.63, 3.8) is 0 Å². The molecule has 0 spiro atoms. The fourth-order valence-electron chi connectivity index (χ4n) is 4.37. The Kier molecular flexibility index (Phi) is 8.78. The van der Waals surface area contributed by atoms with Crippen molar-refractivity contribution >= 4 is 30.7 Å². The van der Waals surface area contributed by atoms with E-state index in [9.17, 15) is 18.0 Å². The standard InChI is InChI=1S/C16H26F3N3O.2ClH/c17-16(18,19)10-22-6-5-11(9-22)8-20-15(23)14-7-12-3-1-2-4-13(12)21-14;;/h11-14,21H,1-10H2,(H,20,23);2*1H. The first-order chi connectivity index (χ1) is 10.9. The van der Waals surface area contributed by atoms with E-state index < -0.39 is 12.7 Å². The summed E-state index contributed by atoms with van der Waals surface area (Å²) in [6.07, 6.45) is 2.34. The molecule has 4 atom stereocenters. The Morgan fingerprint density at radius 3 is 2.56 bits per heavy atom. The maximum Gasteiger partial charge on any atom is 0.401 e. The van der Waals surface area contributed by atoms with Gasteiger partial charge in [0, 0.05) is 19.1 Å². The summed E-state index contributed by atoms with van der Waals surface area (Å²) in [4.78, 5) is 13.7. The van der Waals surface area contributed by atoms with Crippen LogP contribution in [-0.2, 0) is 4.79 Å². The van der Waals surface area contributed by atoms with Gasteiger partial charge in [0.15, 0.2) is 0 Å². The van der Waals surface area contributed by atoms with Crippen LogP contribution in [0.25, 0.3) is 0 Å². The van der Waals surface area contributed by atoms with Gasteiger partial charge < -0.3 is 10.6 Å². The zero-order valence-electron chi connectivity index (χ0n) is 14.2. The largest absolute Gasteiger partial charge is 0.401 e. The quantitative estimate of drug-likeness (QED) is 0.755. The summed E-state index contributed by atoms with van der Waals surface area (Å²) in [5.41, 5.74) is 0. The molecule has 4 unspecified atom stereocenters. The zero-order valence-corrected chi connectivity index (χ0v) is 15.8. The van der Waals surface area contributed by atoms with Crippen molar-refractivity contribution in [2.75, 3.05) is 26.2 Å². The Hall–Kier alpha value is -0.240. The van der Waals surface area contributed by atoms with Crippen molar-refractivity contribution in [1.29, 1.82) is 0 Å². The Morgan fingerprint density at radius 2 is 1.88 bits per heavy atom. The van der Waals surface area contributed by atoms with Gasteiger partial charge in [0.2, 0.25) is 5.91 Å². The minimum absolute atomic E-state index is 0. The second-order valence-corrected chi connectivity index (χ2v) is 7.36. The molecule has 2 saturated heterocycles. The minimum atomic E-state index is -4.14. The molecule has 148 valence electrons. The zero-order chi connectivity index (χ0) is 16.4. The van der Waals surface area contributed by atoms with Crippen LogP contribution in [-0.4, -0.2) is 55.2 Å². The van der Waals surface area contributed by atoms with Crippen LogP contribution in [0.2, 0.25) is 0 Å². The third-order valence-corrected chi connectivity index (χ3v) is 5.52. The molecule has 3 rings (SSSR count). The highest BCUT2D eigenvalue weighted by Crippen LogP contribution is 2.33. The normalized spacial score (nSPS) is 32.4. The van der Waals surface area contributed by atoms with Crippen molar-refractivity contribution in [1.82, 2.24) is 15.5 Å². The summed E-state index contributed by atoms with van der Waals surface area (Å²) in [7, 11) is 0. The molecule has 3 fully saturated rings. The molecule has 1 amide bonds. The van der Waals surface area contributed by atoms with E-state index in [1.807, 2.05) is 0 Å². The summed E-state index contributed by atoms with van der Waals surface area (Å²) < 4.78 is 37.1. The molecule has 9 heteroatoms. The van der Waals surface area contributed by atoms with Crippen LogP contribution >= 0.6 is 24.8 Å². The second-order valence-electron chi connectivity index (χ2n) is 7.36. The van der Waals surface area contributed by atoms with Crippen molar-refractivity contribution in [2.24, 2.45) is 11.8 Å². The molecular weight excluding hydrogens is 378 g/mol. The molecule has 25 heavy (non-hydrogen) atoms. The van der Waals surface area contributed by atoms with Crippen molar-refractivity contribution in [3.05, 3.63) is 0 Å². The van der Waals surface area contributed by atoms with Gasteiger partial charge in [-0.25, -0.2) is 0 Å². The number of rotatable bonds is 4. The van der Waals surface area contributed by atoms with Crippen molar-refractivity contribution in [3.8, 4) is 0 Å². The van der Waals surface area contributed by atoms with Crippen LogP contribution < -0.4 is 10.6 Å².